The van der Waals surface area contributed by atoms with Crippen LogP contribution in [0.25, 0.3) is 0 Å². The van der Waals surface area contributed by atoms with Gasteiger partial charge in [0.15, 0.2) is 5.69 Å². The van der Waals surface area contributed by atoms with Gasteiger partial charge in [0.1, 0.15) is 17.2 Å². The molecule has 2 N–H and O–H groups in total. The lowest BCUT2D eigenvalue weighted by Gasteiger charge is -2.32. The maximum atomic E-state index is 12.6. The predicted molar refractivity (Wildman–Crippen MR) is 103 cm³/mol. The minimum atomic E-state index is -0.831. The van der Waals surface area contributed by atoms with Gasteiger partial charge in [-0.25, -0.2) is 4.98 Å². The molecule has 0 saturated heterocycles. The van der Waals surface area contributed by atoms with Gasteiger partial charge in [-0.05, 0) is 45.4 Å². The molecule has 0 spiro atoms. The number of hydrogen-bond acceptors (Lipinski definition) is 6. The molecule has 0 bridgehead atoms. The van der Waals surface area contributed by atoms with Crippen LogP contribution in [0.4, 0.5) is 0 Å². The van der Waals surface area contributed by atoms with E-state index in [-0.39, 0.29) is 24.9 Å². The van der Waals surface area contributed by atoms with Crippen LogP contribution in [0, 0.1) is 0 Å². The summed E-state index contributed by atoms with van der Waals surface area (Å²) in [6.07, 6.45) is 0.0417. The Bertz CT molecular complexity index is 949. The second-order valence-electron chi connectivity index (χ2n) is 7.44. The monoisotopic (exact) mass is 387 g/mol. The van der Waals surface area contributed by atoms with Crippen molar-refractivity contribution in [2.75, 3.05) is 6.61 Å². The molecule has 3 rings (SSSR count). The van der Waals surface area contributed by atoms with Crippen LogP contribution in [0.1, 0.15) is 49.6 Å². The van der Waals surface area contributed by atoms with Gasteiger partial charge in [0, 0.05) is 6.54 Å². The summed E-state index contributed by atoms with van der Waals surface area (Å²) < 4.78 is 12.6. The average Bonchev–Trinajstić information content (AvgIpc) is 2.62. The van der Waals surface area contributed by atoms with Gasteiger partial charge >= 0.3 is 0 Å². The number of ether oxygens (including phenoxy) is 2. The van der Waals surface area contributed by atoms with Crippen LogP contribution in [-0.2, 0) is 23.4 Å². The molecule has 1 aliphatic rings. The van der Waals surface area contributed by atoms with Crippen molar-refractivity contribution in [3.8, 4) is 11.5 Å². The summed E-state index contributed by atoms with van der Waals surface area (Å²) >= 11 is 0. The van der Waals surface area contributed by atoms with Gasteiger partial charge in [0.25, 0.3) is 11.5 Å². The molecule has 28 heavy (non-hydrogen) atoms. The fourth-order valence-electron chi connectivity index (χ4n) is 3.09. The summed E-state index contributed by atoms with van der Waals surface area (Å²) in [6, 6.07) is 7.34. The molecule has 8 heteroatoms. The highest BCUT2D eigenvalue weighted by molar-refractivity contribution is 5.94. The summed E-state index contributed by atoms with van der Waals surface area (Å²) in [5.41, 5.74) is -0.949. The first kappa shape index (κ1) is 19.9. The molecule has 150 valence electrons. The van der Waals surface area contributed by atoms with Crippen molar-refractivity contribution >= 4 is 5.91 Å². The number of fused-ring (bicyclic) bond motifs is 1. The molecule has 8 nitrogen and oxygen atoms in total. The molecule has 1 aromatic heterocycles. The first-order chi connectivity index (χ1) is 13.2. The maximum absolute atomic E-state index is 12.6. The number of amides is 1. The van der Waals surface area contributed by atoms with Crippen LogP contribution in [0.2, 0.25) is 0 Å². The number of carbonyl (C=O) groups excluding carboxylic acids is 1. The Labute approximate surface area is 163 Å². The molecular weight excluding hydrogens is 362 g/mol. The number of aromatic nitrogens is 2. The minimum absolute atomic E-state index is 0.0417. The van der Waals surface area contributed by atoms with Crippen LogP contribution in [0.5, 0.6) is 11.5 Å². The molecule has 0 atom stereocenters. The van der Waals surface area contributed by atoms with E-state index in [9.17, 15) is 14.7 Å². The molecule has 0 saturated carbocycles. The molecule has 0 aliphatic carbocycles. The van der Waals surface area contributed by atoms with Crippen molar-refractivity contribution in [1.82, 2.24) is 14.9 Å². The number of rotatable bonds is 5. The van der Waals surface area contributed by atoms with Crippen molar-refractivity contribution in [2.45, 2.75) is 52.5 Å². The molecule has 0 unspecified atom stereocenters. The maximum Gasteiger partial charge on any atom is 0.296 e. The van der Waals surface area contributed by atoms with E-state index >= 15 is 0 Å². The Morgan fingerprint density at radius 1 is 1.43 bits per heavy atom. The van der Waals surface area contributed by atoms with Gasteiger partial charge in [0.2, 0.25) is 5.75 Å². The third-order valence-corrected chi connectivity index (χ3v) is 4.40. The Balaban J connectivity index is 1.82. The SMILES string of the molecule is CC(C)Oc1cccc(CNC(=O)c2nc3n(c(=O)c2O)CCOC3(C)C)c1. The third kappa shape index (κ3) is 4.01. The molecule has 0 radical (unpaired) electrons. The summed E-state index contributed by atoms with van der Waals surface area (Å²) in [6.45, 7) is 8.22. The van der Waals surface area contributed by atoms with Crippen molar-refractivity contribution in [2.24, 2.45) is 0 Å². The van der Waals surface area contributed by atoms with Crippen LogP contribution >= 0.6 is 0 Å². The largest absolute Gasteiger partial charge is 0.501 e. The summed E-state index contributed by atoms with van der Waals surface area (Å²) in [5.74, 6) is -0.266. The number of nitrogens with one attached hydrogen (secondary N) is 1. The second kappa shape index (κ2) is 7.63. The lowest BCUT2D eigenvalue weighted by atomic mass is 10.1. The highest BCUT2D eigenvalue weighted by atomic mass is 16.5. The zero-order valence-corrected chi connectivity index (χ0v) is 16.5. The molecule has 1 aliphatic heterocycles. The first-order valence-electron chi connectivity index (χ1n) is 9.21. The van der Waals surface area contributed by atoms with Gasteiger partial charge in [-0.3, -0.25) is 14.2 Å². The molecular formula is C20H25N3O5. The Hall–Kier alpha value is -2.87. The smallest absolute Gasteiger partial charge is 0.296 e. The molecule has 0 fully saturated rings. The van der Waals surface area contributed by atoms with Crippen molar-refractivity contribution in [3.05, 3.63) is 51.7 Å². The summed E-state index contributed by atoms with van der Waals surface area (Å²) in [5, 5.41) is 12.9. The highest BCUT2D eigenvalue weighted by Crippen LogP contribution is 2.27. The quantitative estimate of drug-likeness (QED) is 0.813. The van der Waals surface area contributed by atoms with Crippen LogP contribution < -0.4 is 15.6 Å². The van der Waals surface area contributed by atoms with E-state index < -0.39 is 22.8 Å². The average molecular weight is 387 g/mol. The van der Waals surface area contributed by atoms with E-state index in [1.165, 1.54) is 4.57 Å². The first-order valence-corrected chi connectivity index (χ1v) is 9.21. The Morgan fingerprint density at radius 3 is 2.89 bits per heavy atom. The Kier molecular flexibility index (Phi) is 5.42. The second-order valence-corrected chi connectivity index (χ2v) is 7.44. The van der Waals surface area contributed by atoms with E-state index in [2.05, 4.69) is 10.3 Å². The van der Waals surface area contributed by atoms with Gasteiger partial charge in [-0.1, -0.05) is 12.1 Å². The number of hydrogen-bond donors (Lipinski definition) is 2. The fourth-order valence-corrected chi connectivity index (χ4v) is 3.09. The van der Waals surface area contributed by atoms with Gasteiger partial charge in [-0.15, -0.1) is 0 Å². The summed E-state index contributed by atoms with van der Waals surface area (Å²) in [7, 11) is 0. The van der Waals surface area contributed by atoms with Crippen molar-refractivity contribution < 1.29 is 19.4 Å². The Morgan fingerprint density at radius 2 is 2.18 bits per heavy atom. The number of aromatic hydroxyl groups is 1. The van der Waals surface area contributed by atoms with Crippen LogP contribution in [0.15, 0.2) is 29.1 Å². The zero-order valence-electron chi connectivity index (χ0n) is 16.5. The number of carbonyl (C=O) groups is 1. The van der Waals surface area contributed by atoms with E-state index in [0.717, 1.165) is 5.56 Å². The van der Waals surface area contributed by atoms with E-state index in [1.807, 2.05) is 38.1 Å². The summed E-state index contributed by atoms with van der Waals surface area (Å²) in [4.78, 5) is 29.3. The van der Waals surface area contributed by atoms with Gasteiger partial charge < -0.3 is 19.9 Å². The predicted octanol–water partition coefficient (Wildman–Crippen LogP) is 1.93. The molecule has 1 aromatic carbocycles. The zero-order chi connectivity index (χ0) is 20.5. The van der Waals surface area contributed by atoms with Gasteiger partial charge in [0.05, 0.1) is 19.3 Å². The lowest BCUT2D eigenvalue weighted by molar-refractivity contribution is -0.0566. The van der Waals surface area contributed by atoms with Crippen LogP contribution in [-0.4, -0.2) is 33.3 Å². The highest BCUT2D eigenvalue weighted by Gasteiger charge is 2.34. The fraction of sp³-hybridized carbons (Fsp3) is 0.450. The standard InChI is InChI=1S/C20H25N3O5/c1-12(2)28-14-7-5-6-13(10-14)11-21-17(25)15-16(24)18(26)23-8-9-27-20(3,4)19(23)22-15/h5-7,10,12,24H,8-9,11H2,1-4H3,(H,21,25). The normalized spacial score (nSPS) is 15.2. The molecule has 2 aromatic rings. The van der Waals surface area contributed by atoms with Gasteiger partial charge in [-0.2, -0.15) is 0 Å². The van der Waals surface area contributed by atoms with E-state index in [0.29, 0.717) is 18.2 Å². The van der Waals surface area contributed by atoms with Crippen molar-refractivity contribution in [1.29, 1.82) is 0 Å². The minimum Gasteiger partial charge on any atom is -0.501 e. The lowest BCUT2D eigenvalue weighted by Crippen LogP contribution is -2.42. The van der Waals surface area contributed by atoms with E-state index in [4.69, 9.17) is 9.47 Å². The number of benzene rings is 1. The van der Waals surface area contributed by atoms with E-state index in [1.54, 1.807) is 13.8 Å². The topological polar surface area (TPSA) is 103 Å². The molecule has 2 heterocycles. The number of nitrogens with zero attached hydrogens (tertiary/aromatic N) is 2. The molecule has 1 amide bonds. The van der Waals surface area contributed by atoms with Crippen LogP contribution in [0.3, 0.4) is 0 Å². The third-order valence-electron chi connectivity index (χ3n) is 4.40. The van der Waals surface area contributed by atoms with Crippen molar-refractivity contribution in [3.63, 3.8) is 0 Å².